The molecule has 3 nitrogen and oxygen atoms in total. The molecular weight excluding hydrogens is 258 g/mol. The molecule has 1 aromatic heterocycles. The number of aromatic nitrogens is 2. The number of benzene rings is 1. The van der Waals surface area contributed by atoms with E-state index in [2.05, 4.69) is 68.6 Å². The molecule has 0 spiro atoms. The van der Waals surface area contributed by atoms with Gasteiger partial charge in [0.25, 0.3) is 0 Å². The topological polar surface area (TPSA) is 29.9 Å². The molecular formula is C18H27N3. The van der Waals surface area contributed by atoms with Gasteiger partial charge in [-0.25, -0.2) is 0 Å². The molecule has 3 heteroatoms. The van der Waals surface area contributed by atoms with Crippen LogP contribution in [0.5, 0.6) is 0 Å². The Kier molecular flexibility index (Phi) is 4.84. The normalized spacial score (nSPS) is 13.4. The molecule has 1 N–H and O–H groups in total. The molecule has 1 unspecified atom stereocenters. The number of aryl methyl sites for hydroxylation is 2. The molecule has 0 aliphatic carbocycles. The summed E-state index contributed by atoms with van der Waals surface area (Å²) in [5.74, 6) is 0.466. The SMILES string of the molecule is Cc1cccc(C(CNC(C)(C)C)Cc2cnn(C)c2)c1. The van der Waals surface area contributed by atoms with Gasteiger partial charge in [0.2, 0.25) is 0 Å². The van der Waals surface area contributed by atoms with Gasteiger partial charge in [0, 0.05) is 31.2 Å². The minimum atomic E-state index is 0.136. The van der Waals surface area contributed by atoms with Crippen LogP contribution in [0.4, 0.5) is 0 Å². The summed E-state index contributed by atoms with van der Waals surface area (Å²) in [5, 5.41) is 7.93. The second-order valence-electron chi connectivity index (χ2n) is 6.97. The van der Waals surface area contributed by atoms with Gasteiger partial charge >= 0.3 is 0 Å². The fourth-order valence-electron chi connectivity index (χ4n) is 2.52. The quantitative estimate of drug-likeness (QED) is 0.912. The molecule has 0 saturated carbocycles. The molecule has 0 bridgehead atoms. The molecule has 1 heterocycles. The molecule has 0 saturated heterocycles. The lowest BCUT2D eigenvalue weighted by Crippen LogP contribution is -2.39. The Morgan fingerprint density at radius 2 is 2.05 bits per heavy atom. The van der Waals surface area contributed by atoms with Crippen molar-refractivity contribution in [3.05, 3.63) is 53.3 Å². The van der Waals surface area contributed by atoms with Crippen LogP contribution in [0.15, 0.2) is 36.7 Å². The van der Waals surface area contributed by atoms with Crippen molar-refractivity contribution in [3.8, 4) is 0 Å². The highest BCUT2D eigenvalue weighted by atomic mass is 15.2. The summed E-state index contributed by atoms with van der Waals surface area (Å²) in [5.41, 5.74) is 4.14. The van der Waals surface area contributed by atoms with Crippen molar-refractivity contribution in [1.29, 1.82) is 0 Å². The Morgan fingerprint density at radius 1 is 1.29 bits per heavy atom. The number of nitrogens with one attached hydrogen (secondary N) is 1. The van der Waals surface area contributed by atoms with E-state index in [0.29, 0.717) is 5.92 Å². The molecule has 2 rings (SSSR count). The summed E-state index contributed by atoms with van der Waals surface area (Å²) in [6.07, 6.45) is 5.10. The van der Waals surface area contributed by atoms with Crippen LogP contribution in [0.3, 0.4) is 0 Å². The highest BCUT2D eigenvalue weighted by Gasteiger charge is 2.17. The summed E-state index contributed by atoms with van der Waals surface area (Å²) in [4.78, 5) is 0. The van der Waals surface area contributed by atoms with E-state index >= 15 is 0 Å². The Morgan fingerprint density at radius 3 is 2.62 bits per heavy atom. The van der Waals surface area contributed by atoms with Gasteiger partial charge in [-0.05, 0) is 45.2 Å². The van der Waals surface area contributed by atoms with Crippen LogP contribution in [0.2, 0.25) is 0 Å². The van der Waals surface area contributed by atoms with E-state index in [1.807, 2.05) is 17.9 Å². The summed E-state index contributed by atoms with van der Waals surface area (Å²) in [6, 6.07) is 8.84. The van der Waals surface area contributed by atoms with Crippen molar-refractivity contribution in [2.75, 3.05) is 6.54 Å². The van der Waals surface area contributed by atoms with E-state index < -0.39 is 0 Å². The molecule has 0 aliphatic heterocycles. The molecule has 21 heavy (non-hydrogen) atoms. The largest absolute Gasteiger partial charge is 0.311 e. The van der Waals surface area contributed by atoms with Crippen molar-refractivity contribution in [2.45, 2.75) is 45.6 Å². The van der Waals surface area contributed by atoms with Crippen LogP contribution in [-0.4, -0.2) is 21.9 Å². The van der Waals surface area contributed by atoms with Gasteiger partial charge in [0.05, 0.1) is 6.20 Å². The molecule has 0 fully saturated rings. The monoisotopic (exact) mass is 285 g/mol. The summed E-state index contributed by atoms with van der Waals surface area (Å²) >= 11 is 0. The van der Waals surface area contributed by atoms with Gasteiger partial charge in [0.15, 0.2) is 0 Å². The van der Waals surface area contributed by atoms with Crippen LogP contribution in [-0.2, 0) is 13.5 Å². The van der Waals surface area contributed by atoms with Crippen LogP contribution < -0.4 is 5.32 Å². The molecule has 0 radical (unpaired) electrons. The predicted molar refractivity (Wildman–Crippen MR) is 88.6 cm³/mol. The first-order valence-corrected chi connectivity index (χ1v) is 7.62. The zero-order chi connectivity index (χ0) is 15.5. The van der Waals surface area contributed by atoms with E-state index in [-0.39, 0.29) is 5.54 Å². The first-order chi connectivity index (χ1) is 9.83. The first-order valence-electron chi connectivity index (χ1n) is 7.62. The third kappa shape index (κ3) is 5.01. The van der Waals surface area contributed by atoms with Crippen molar-refractivity contribution in [3.63, 3.8) is 0 Å². The standard InChI is InChI=1S/C18H27N3/c1-14-7-6-8-16(9-14)17(12-19-18(2,3)4)10-15-11-20-21(5)13-15/h6-9,11,13,17,19H,10,12H2,1-5H3. The zero-order valence-corrected chi connectivity index (χ0v) is 13.9. The van der Waals surface area contributed by atoms with Crippen molar-refractivity contribution in [1.82, 2.24) is 15.1 Å². The smallest absolute Gasteiger partial charge is 0.0521 e. The van der Waals surface area contributed by atoms with E-state index in [9.17, 15) is 0 Å². The Balaban J connectivity index is 2.17. The lowest BCUT2D eigenvalue weighted by atomic mass is 9.91. The summed E-state index contributed by atoms with van der Waals surface area (Å²) in [6.45, 7) is 9.77. The predicted octanol–water partition coefficient (Wildman–Crippen LogP) is 3.44. The van der Waals surface area contributed by atoms with E-state index in [0.717, 1.165) is 13.0 Å². The molecule has 1 atom stereocenters. The van der Waals surface area contributed by atoms with Gasteiger partial charge in [-0.3, -0.25) is 4.68 Å². The average Bonchev–Trinajstić information content (AvgIpc) is 2.79. The van der Waals surface area contributed by atoms with Gasteiger partial charge in [-0.1, -0.05) is 29.8 Å². The lowest BCUT2D eigenvalue weighted by Gasteiger charge is -2.25. The third-order valence-corrected chi connectivity index (χ3v) is 3.63. The van der Waals surface area contributed by atoms with Crippen LogP contribution in [0.1, 0.15) is 43.4 Å². The van der Waals surface area contributed by atoms with Crippen LogP contribution >= 0.6 is 0 Å². The van der Waals surface area contributed by atoms with Crippen LogP contribution in [0.25, 0.3) is 0 Å². The highest BCUT2D eigenvalue weighted by molar-refractivity contribution is 5.27. The molecule has 1 aromatic carbocycles. The van der Waals surface area contributed by atoms with E-state index in [4.69, 9.17) is 0 Å². The fraction of sp³-hybridized carbons (Fsp3) is 0.500. The lowest BCUT2D eigenvalue weighted by molar-refractivity contribution is 0.405. The summed E-state index contributed by atoms with van der Waals surface area (Å²) < 4.78 is 1.87. The average molecular weight is 285 g/mol. The Hall–Kier alpha value is -1.61. The molecule has 0 amide bonds. The van der Waals surface area contributed by atoms with Gasteiger partial charge in [-0.15, -0.1) is 0 Å². The highest BCUT2D eigenvalue weighted by Crippen LogP contribution is 2.22. The zero-order valence-electron chi connectivity index (χ0n) is 13.9. The number of nitrogens with zero attached hydrogens (tertiary/aromatic N) is 2. The first kappa shape index (κ1) is 15.8. The van der Waals surface area contributed by atoms with Crippen molar-refractivity contribution in [2.24, 2.45) is 7.05 Å². The van der Waals surface area contributed by atoms with Gasteiger partial charge in [0.1, 0.15) is 0 Å². The second kappa shape index (κ2) is 6.44. The maximum Gasteiger partial charge on any atom is 0.0521 e. The second-order valence-corrected chi connectivity index (χ2v) is 6.97. The van der Waals surface area contributed by atoms with Gasteiger partial charge < -0.3 is 5.32 Å². The van der Waals surface area contributed by atoms with Gasteiger partial charge in [-0.2, -0.15) is 5.10 Å². The van der Waals surface area contributed by atoms with Crippen molar-refractivity contribution < 1.29 is 0 Å². The van der Waals surface area contributed by atoms with Crippen LogP contribution in [0, 0.1) is 6.92 Å². The third-order valence-electron chi connectivity index (χ3n) is 3.63. The fourth-order valence-corrected chi connectivity index (χ4v) is 2.52. The number of hydrogen-bond donors (Lipinski definition) is 1. The molecule has 0 aliphatic rings. The molecule has 2 aromatic rings. The van der Waals surface area contributed by atoms with E-state index in [1.54, 1.807) is 0 Å². The number of rotatable bonds is 5. The minimum Gasteiger partial charge on any atom is -0.311 e. The molecule has 114 valence electrons. The maximum absolute atomic E-state index is 4.29. The maximum atomic E-state index is 4.29. The van der Waals surface area contributed by atoms with Crippen molar-refractivity contribution >= 4 is 0 Å². The summed E-state index contributed by atoms with van der Waals surface area (Å²) in [7, 11) is 1.97. The Labute approximate surface area is 128 Å². The van der Waals surface area contributed by atoms with E-state index in [1.165, 1.54) is 16.7 Å². The minimum absolute atomic E-state index is 0.136. The number of hydrogen-bond acceptors (Lipinski definition) is 2. The Bertz CT molecular complexity index is 578.